The summed E-state index contributed by atoms with van der Waals surface area (Å²) < 4.78 is 30.4. The van der Waals surface area contributed by atoms with Gasteiger partial charge in [0.05, 0.1) is 35.9 Å². The zero-order valence-electron chi connectivity index (χ0n) is 14.1. The van der Waals surface area contributed by atoms with E-state index in [9.17, 15) is 18.4 Å². The number of aryl methyl sites for hydroxylation is 1. The van der Waals surface area contributed by atoms with Gasteiger partial charge in [-0.1, -0.05) is 11.6 Å². The number of nitrogens with zero attached hydrogens (tertiary/aromatic N) is 2. The fourth-order valence-electron chi connectivity index (χ4n) is 2.83. The first-order valence-corrected chi connectivity index (χ1v) is 8.28. The summed E-state index contributed by atoms with van der Waals surface area (Å²) in [5.41, 5.74) is 2.25. The molecule has 26 heavy (non-hydrogen) atoms. The predicted molar refractivity (Wildman–Crippen MR) is 90.1 cm³/mol. The lowest BCUT2D eigenvalue weighted by atomic mass is 9.81. The Morgan fingerprint density at radius 3 is 2.58 bits per heavy atom. The molecule has 1 amide bonds. The summed E-state index contributed by atoms with van der Waals surface area (Å²) in [6.07, 6.45) is -0.878. The normalized spacial score (nSPS) is 16.2. The number of rotatable bonds is 4. The van der Waals surface area contributed by atoms with Crippen LogP contribution in [0.5, 0.6) is 0 Å². The quantitative estimate of drug-likeness (QED) is 0.821. The van der Waals surface area contributed by atoms with Crippen LogP contribution in [0.1, 0.15) is 34.5 Å². The molecule has 9 heteroatoms. The van der Waals surface area contributed by atoms with Gasteiger partial charge in [0.15, 0.2) is 5.15 Å². The van der Waals surface area contributed by atoms with Crippen LogP contribution in [-0.4, -0.2) is 34.9 Å². The van der Waals surface area contributed by atoms with Crippen LogP contribution in [-0.2, 0) is 16.1 Å². The number of methoxy groups -OCH3 is 1. The number of alkyl halides is 2. The molecule has 0 spiro atoms. The summed E-state index contributed by atoms with van der Waals surface area (Å²) in [5.74, 6) is -4.39. The van der Waals surface area contributed by atoms with E-state index in [1.54, 1.807) is 13.0 Å². The number of carbonyl (C=O) groups is 2. The van der Waals surface area contributed by atoms with Gasteiger partial charge in [0.2, 0.25) is 11.8 Å². The number of hydrogen-bond acceptors (Lipinski definition) is 5. The molecule has 1 aromatic heterocycles. The molecule has 1 saturated carbocycles. The third kappa shape index (κ3) is 3.60. The molecule has 0 saturated heterocycles. The number of amides is 1. The largest absolute Gasteiger partial charge is 0.465 e. The van der Waals surface area contributed by atoms with Gasteiger partial charge in [-0.15, -0.1) is 0 Å². The second kappa shape index (κ2) is 6.75. The lowest BCUT2D eigenvalue weighted by Gasteiger charge is -2.33. The van der Waals surface area contributed by atoms with Crippen molar-refractivity contribution >= 4 is 34.5 Å². The van der Waals surface area contributed by atoms with E-state index < -0.39 is 36.6 Å². The van der Waals surface area contributed by atoms with E-state index >= 15 is 0 Å². The average Bonchev–Trinajstić information content (AvgIpc) is 2.56. The van der Waals surface area contributed by atoms with Crippen molar-refractivity contribution in [3.63, 3.8) is 0 Å². The van der Waals surface area contributed by atoms with Crippen molar-refractivity contribution in [2.75, 3.05) is 7.11 Å². The molecule has 0 atom stereocenters. The smallest absolute Gasteiger partial charge is 0.338 e. The molecule has 0 aliphatic heterocycles. The molecule has 1 aromatic carbocycles. The minimum atomic E-state index is -2.75. The van der Waals surface area contributed by atoms with Crippen LogP contribution in [0.25, 0.3) is 11.0 Å². The van der Waals surface area contributed by atoms with Crippen molar-refractivity contribution in [1.82, 2.24) is 15.3 Å². The van der Waals surface area contributed by atoms with E-state index in [0.29, 0.717) is 27.9 Å². The summed E-state index contributed by atoms with van der Waals surface area (Å²) in [6.45, 7) is 1.72. The Balaban J connectivity index is 1.78. The Labute approximate surface area is 152 Å². The molecule has 0 radical (unpaired) electrons. The van der Waals surface area contributed by atoms with Crippen LogP contribution in [0.4, 0.5) is 8.78 Å². The second-order valence-corrected chi connectivity index (χ2v) is 6.65. The molecule has 1 aliphatic carbocycles. The van der Waals surface area contributed by atoms with Gasteiger partial charge in [-0.25, -0.2) is 23.5 Å². The van der Waals surface area contributed by atoms with Crippen molar-refractivity contribution in [2.24, 2.45) is 5.92 Å². The first-order chi connectivity index (χ1) is 12.2. The van der Waals surface area contributed by atoms with E-state index in [1.807, 2.05) is 0 Å². The summed E-state index contributed by atoms with van der Waals surface area (Å²) in [6, 6.07) is 3.21. The van der Waals surface area contributed by atoms with Crippen LogP contribution >= 0.6 is 11.6 Å². The third-order valence-corrected chi connectivity index (χ3v) is 4.63. The Morgan fingerprint density at radius 2 is 1.96 bits per heavy atom. The van der Waals surface area contributed by atoms with Crippen molar-refractivity contribution in [2.45, 2.75) is 32.2 Å². The number of carbonyl (C=O) groups excluding carboxylic acids is 2. The standard InChI is InChI=1S/C17H16ClF2N3O3/c1-8-3-11-12(4-10(8)16(25)26-2)23-14(18)13(22-11)7-21-15(24)9-5-17(19,20)6-9/h3-4,9H,5-7H2,1-2H3,(H,21,24). The van der Waals surface area contributed by atoms with Crippen molar-refractivity contribution < 1.29 is 23.1 Å². The Kier molecular flexibility index (Phi) is 4.79. The van der Waals surface area contributed by atoms with Crippen LogP contribution in [0.15, 0.2) is 12.1 Å². The number of hydrogen-bond donors (Lipinski definition) is 1. The zero-order valence-corrected chi connectivity index (χ0v) is 14.9. The van der Waals surface area contributed by atoms with Gasteiger partial charge in [-0.3, -0.25) is 4.79 Å². The number of aromatic nitrogens is 2. The molecule has 1 fully saturated rings. The Morgan fingerprint density at radius 1 is 1.31 bits per heavy atom. The van der Waals surface area contributed by atoms with Crippen molar-refractivity contribution in [3.8, 4) is 0 Å². The monoisotopic (exact) mass is 383 g/mol. The lowest BCUT2D eigenvalue weighted by molar-refractivity contribution is -0.150. The van der Waals surface area contributed by atoms with Crippen LogP contribution in [0.2, 0.25) is 5.15 Å². The molecule has 6 nitrogen and oxygen atoms in total. The molecule has 1 N–H and O–H groups in total. The topological polar surface area (TPSA) is 81.2 Å². The number of esters is 1. The molecule has 1 heterocycles. The fraction of sp³-hybridized carbons (Fsp3) is 0.412. The molecule has 3 rings (SSSR count). The number of ether oxygens (including phenoxy) is 1. The van der Waals surface area contributed by atoms with Gasteiger partial charge < -0.3 is 10.1 Å². The van der Waals surface area contributed by atoms with Gasteiger partial charge in [0.1, 0.15) is 0 Å². The number of benzene rings is 1. The maximum absolute atomic E-state index is 12.8. The van der Waals surface area contributed by atoms with Crippen molar-refractivity contribution in [3.05, 3.63) is 34.1 Å². The minimum absolute atomic E-state index is 0.0134. The van der Waals surface area contributed by atoms with Gasteiger partial charge in [-0.05, 0) is 24.6 Å². The van der Waals surface area contributed by atoms with E-state index in [-0.39, 0.29) is 11.7 Å². The highest BCUT2D eigenvalue weighted by Gasteiger charge is 2.48. The van der Waals surface area contributed by atoms with Gasteiger partial charge >= 0.3 is 5.97 Å². The fourth-order valence-corrected chi connectivity index (χ4v) is 3.03. The summed E-state index contributed by atoms with van der Waals surface area (Å²) in [7, 11) is 1.29. The van der Waals surface area contributed by atoms with Gasteiger partial charge in [0, 0.05) is 18.8 Å². The Bertz CT molecular complexity index is 896. The van der Waals surface area contributed by atoms with Crippen molar-refractivity contribution in [1.29, 1.82) is 0 Å². The molecule has 2 aromatic rings. The second-order valence-electron chi connectivity index (χ2n) is 6.29. The number of nitrogens with one attached hydrogen (secondary N) is 1. The molecule has 138 valence electrons. The predicted octanol–water partition coefficient (Wildman–Crippen LogP) is 3.04. The van der Waals surface area contributed by atoms with E-state index in [2.05, 4.69) is 15.3 Å². The molecule has 0 bridgehead atoms. The summed E-state index contributed by atoms with van der Waals surface area (Å²) >= 11 is 6.10. The maximum atomic E-state index is 12.8. The van der Waals surface area contributed by atoms with Gasteiger partial charge in [0.25, 0.3) is 0 Å². The van der Waals surface area contributed by atoms with Crippen LogP contribution in [0, 0.1) is 12.8 Å². The van der Waals surface area contributed by atoms with Crippen LogP contribution in [0.3, 0.4) is 0 Å². The van der Waals surface area contributed by atoms with E-state index in [0.717, 1.165) is 0 Å². The highest BCUT2D eigenvalue weighted by Crippen LogP contribution is 2.42. The lowest BCUT2D eigenvalue weighted by Crippen LogP contribution is -2.44. The van der Waals surface area contributed by atoms with E-state index in [1.165, 1.54) is 13.2 Å². The highest BCUT2D eigenvalue weighted by molar-refractivity contribution is 6.30. The number of halogens is 3. The average molecular weight is 384 g/mol. The first kappa shape index (κ1) is 18.4. The highest BCUT2D eigenvalue weighted by atomic mass is 35.5. The SMILES string of the molecule is COC(=O)c1cc2nc(Cl)c(CNC(=O)C3CC(F)(F)C3)nc2cc1C. The molecular weight excluding hydrogens is 368 g/mol. The third-order valence-electron chi connectivity index (χ3n) is 4.33. The molecule has 1 aliphatic rings. The minimum Gasteiger partial charge on any atom is -0.465 e. The van der Waals surface area contributed by atoms with Gasteiger partial charge in [-0.2, -0.15) is 0 Å². The molecular formula is C17H16ClF2N3O3. The molecule has 0 unspecified atom stereocenters. The van der Waals surface area contributed by atoms with E-state index in [4.69, 9.17) is 16.3 Å². The summed E-state index contributed by atoms with van der Waals surface area (Å²) in [4.78, 5) is 32.2. The maximum Gasteiger partial charge on any atom is 0.338 e. The Hall–Kier alpha value is -2.35. The summed E-state index contributed by atoms with van der Waals surface area (Å²) in [5, 5.41) is 2.63. The first-order valence-electron chi connectivity index (χ1n) is 7.91. The van der Waals surface area contributed by atoms with Crippen LogP contribution < -0.4 is 5.32 Å². The number of fused-ring (bicyclic) bond motifs is 1. The zero-order chi connectivity index (χ0) is 19.1.